The van der Waals surface area contributed by atoms with Crippen LogP contribution in [0.15, 0.2) is 0 Å². The van der Waals surface area contributed by atoms with Crippen molar-refractivity contribution in [2.75, 3.05) is 5.33 Å². The summed E-state index contributed by atoms with van der Waals surface area (Å²) in [5.74, 6) is 0.645. The van der Waals surface area contributed by atoms with Gasteiger partial charge in [0.1, 0.15) is 0 Å². The summed E-state index contributed by atoms with van der Waals surface area (Å²) < 4.78 is 6.06. The van der Waals surface area contributed by atoms with Crippen LogP contribution in [0, 0.1) is 5.92 Å². The Labute approximate surface area is 84.0 Å². The van der Waals surface area contributed by atoms with Crippen LogP contribution in [0.3, 0.4) is 0 Å². The van der Waals surface area contributed by atoms with Crippen molar-refractivity contribution < 1.29 is 4.74 Å². The number of halogens is 1. The molecule has 1 heterocycles. The third-order valence-electron chi connectivity index (χ3n) is 3.11. The van der Waals surface area contributed by atoms with Gasteiger partial charge in [0, 0.05) is 5.33 Å². The molecule has 1 aliphatic rings. The van der Waals surface area contributed by atoms with Crippen molar-refractivity contribution in [1.82, 2.24) is 0 Å². The minimum absolute atomic E-state index is 0.179. The molecule has 0 aromatic heterocycles. The van der Waals surface area contributed by atoms with Gasteiger partial charge in [0.15, 0.2) is 0 Å². The molecule has 0 saturated carbocycles. The van der Waals surface area contributed by atoms with E-state index in [2.05, 4.69) is 36.7 Å². The molecule has 1 nitrogen and oxygen atoms in total. The van der Waals surface area contributed by atoms with Crippen molar-refractivity contribution in [3.63, 3.8) is 0 Å². The standard InChI is InChI=1S/C10H19BrO/c1-4-10(8(2)3)6-5-9(7-11)12-10/h8-9H,4-7H2,1-3H3. The third kappa shape index (κ3) is 1.85. The largest absolute Gasteiger partial charge is 0.371 e. The number of hydrogen-bond donors (Lipinski definition) is 0. The second kappa shape index (κ2) is 4.10. The van der Waals surface area contributed by atoms with Gasteiger partial charge in [-0.2, -0.15) is 0 Å². The van der Waals surface area contributed by atoms with Crippen molar-refractivity contribution in [3.05, 3.63) is 0 Å². The van der Waals surface area contributed by atoms with Crippen molar-refractivity contribution in [3.8, 4) is 0 Å². The van der Waals surface area contributed by atoms with Gasteiger partial charge in [-0.15, -0.1) is 0 Å². The normalized spacial score (nSPS) is 36.2. The van der Waals surface area contributed by atoms with Crippen molar-refractivity contribution >= 4 is 15.9 Å². The van der Waals surface area contributed by atoms with E-state index in [1.54, 1.807) is 0 Å². The van der Waals surface area contributed by atoms with Crippen LogP contribution in [0.25, 0.3) is 0 Å². The van der Waals surface area contributed by atoms with Gasteiger partial charge in [-0.25, -0.2) is 0 Å². The van der Waals surface area contributed by atoms with E-state index in [0.29, 0.717) is 12.0 Å². The quantitative estimate of drug-likeness (QED) is 0.681. The summed E-state index contributed by atoms with van der Waals surface area (Å²) in [4.78, 5) is 0. The molecule has 2 heteroatoms. The van der Waals surface area contributed by atoms with Crippen LogP contribution in [0.5, 0.6) is 0 Å². The average Bonchev–Trinajstić information content (AvgIpc) is 2.48. The van der Waals surface area contributed by atoms with Crippen LogP contribution in [-0.4, -0.2) is 17.0 Å². The molecular formula is C10H19BrO. The number of hydrogen-bond acceptors (Lipinski definition) is 1. The fourth-order valence-corrected chi connectivity index (χ4v) is 2.51. The van der Waals surface area contributed by atoms with Crippen LogP contribution in [0.2, 0.25) is 0 Å². The molecule has 1 saturated heterocycles. The molecule has 0 bridgehead atoms. The van der Waals surface area contributed by atoms with E-state index in [4.69, 9.17) is 4.74 Å². The monoisotopic (exact) mass is 234 g/mol. The smallest absolute Gasteiger partial charge is 0.0707 e. The van der Waals surface area contributed by atoms with Crippen molar-refractivity contribution in [2.24, 2.45) is 5.92 Å². The highest BCUT2D eigenvalue weighted by Crippen LogP contribution is 2.39. The lowest BCUT2D eigenvalue weighted by Crippen LogP contribution is -2.34. The van der Waals surface area contributed by atoms with Gasteiger partial charge in [-0.1, -0.05) is 36.7 Å². The summed E-state index contributed by atoms with van der Waals surface area (Å²) >= 11 is 3.48. The highest BCUT2D eigenvalue weighted by molar-refractivity contribution is 9.09. The van der Waals surface area contributed by atoms with Gasteiger partial charge in [-0.3, -0.25) is 0 Å². The Hall–Kier alpha value is 0.440. The minimum atomic E-state index is 0.179. The lowest BCUT2D eigenvalue weighted by atomic mass is 9.85. The zero-order valence-electron chi connectivity index (χ0n) is 8.27. The van der Waals surface area contributed by atoms with E-state index >= 15 is 0 Å². The van der Waals surface area contributed by atoms with Crippen LogP contribution in [0.4, 0.5) is 0 Å². The molecule has 0 spiro atoms. The molecule has 0 amide bonds. The second-order valence-electron chi connectivity index (χ2n) is 4.01. The molecule has 2 atom stereocenters. The zero-order valence-corrected chi connectivity index (χ0v) is 9.86. The molecule has 0 aliphatic carbocycles. The summed E-state index contributed by atoms with van der Waals surface area (Å²) in [7, 11) is 0. The van der Waals surface area contributed by atoms with E-state index in [9.17, 15) is 0 Å². The molecule has 0 N–H and O–H groups in total. The van der Waals surface area contributed by atoms with Gasteiger partial charge in [0.05, 0.1) is 11.7 Å². The van der Waals surface area contributed by atoms with Gasteiger partial charge in [-0.05, 0) is 25.2 Å². The van der Waals surface area contributed by atoms with Gasteiger partial charge in [0.25, 0.3) is 0 Å². The highest BCUT2D eigenvalue weighted by Gasteiger charge is 2.40. The second-order valence-corrected chi connectivity index (χ2v) is 4.65. The fraction of sp³-hybridized carbons (Fsp3) is 1.00. The van der Waals surface area contributed by atoms with Gasteiger partial charge < -0.3 is 4.74 Å². The predicted octanol–water partition coefficient (Wildman–Crippen LogP) is 3.37. The average molecular weight is 235 g/mol. The molecule has 12 heavy (non-hydrogen) atoms. The SMILES string of the molecule is CCC1(C(C)C)CCC(CBr)O1. The molecule has 1 fully saturated rings. The van der Waals surface area contributed by atoms with Crippen LogP contribution in [-0.2, 0) is 4.74 Å². The summed E-state index contributed by atoms with van der Waals surface area (Å²) in [6.45, 7) is 6.76. The lowest BCUT2D eigenvalue weighted by molar-refractivity contribution is -0.0657. The van der Waals surface area contributed by atoms with Crippen LogP contribution in [0.1, 0.15) is 40.0 Å². The molecule has 72 valence electrons. The molecule has 2 unspecified atom stereocenters. The summed E-state index contributed by atoms with van der Waals surface area (Å²) in [6, 6.07) is 0. The first-order valence-electron chi connectivity index (χ1n) is 4.88. The van der Waals surface area contributed by atoms with Gasteiger partial charge >= 0.3 is 0 Å². The molecule has 0 radical (unpaired) electrons. The van der Waals surface area contributed by atoms with E-state index in [1.165, 1.54) is 12.8 Å². The molecular weight excluding hydrogens is 216 g/mol. The zero-order chi connectivity index (χ0) is 9.19. The molecule has 0 aromatic carbocycles. The fourth-order valence-electron chi connectivity index (χ4n) is 2.06. The molecule has 1 rings (SSSR count). The van der Waals surface area contributed by atoms with E-state index in [1.807, 2.05) is 0 Å². The Morgan fingerprint density at radius 2 is 2.25 bits per heavy atom. The van der Waals surface area contributed by atoms with E-state index in [-0.39, 0.29) is 5.60 Å². The van der Waals surface area contributed by atoms with Crippen molar-refractivity contribution in [2.45, 2.75) is 51.7 Å². The Morgan fingerprint density at radius 1 is 1.58 bits per heavy atom. The molecule has 1 aliphatic heterocycles. The first kappa shape index (κ1) is 10.5. The maximum absolute atomic E-state index is 6.06. The Kier molecular flexibility index (Phi) is 3.59. The number of alkyl halides is 1. The van der Waals surface area contributed by atoms with E-state index < -0.39 is 0 Å². The maximum Gasteiger partial charge on any atom is 0.0707 e. The summed E-state index contributed by atoms with van der Waals surface area (Å²) in [6.07, 6.45) is 4.05. The minimum Gasteiger partial charge on any atom is -0.371 e. The first-order chi connectivity index (χ1) is 5.64. The maximum atomic E-state index is 6.06. The van der Waals surface area contributed by atoms with Crippen molar-refractivity contribution in [1.29, 1.82) is 0 Å². The van der Waals surface area contributed by atoms with Crippen LogP contribution < -0.4 is 0 Å². The summed E-state index contributed by atoms with van der Waals surface area (Å²) in [5, 5.41) is 0.988. The Bertz CT molecular complexity index is 147. The predicted molar refractivity (Wildman–Crippen MR) is 55.8 cm³/mol. The number of rotatable bonds is 3. The van der Waals surface area contributed by atoms with Crippen LogP contribution >= 0.6 is 15.9 Å². The number of ether oxygens (including phenoxy) is 1. The van der Waals surface area contributed by atoms with E-state index in [0.717, 1.165) is 11.8 Å². The summed E-state index contributed by atoms with van der Waals surface area (Å²) in [5.41, 5.74) is 0.179. The Balaban J connectivity index is 2.59. The topological polar surface area (TPSA) is 9.23 Å². The Morgan fingerprint density at radius 3 is 2.50 bits per heavy atom. The lowest BCUT2D eigenvalue weighted by Gasteiger charge is -2.32. The third-order valence-corrected chi connectivity index (χ3v) is 3.84. The first-order valence-corrected chi connectivity index (χ1v) is 6.00. The molecule has 0 aromatic rings. The highest BCUT2D eigenvalue weighted by atomic mass is 79.9. The van der Waals surface area contributed by atoms with Gasteiger partial charge in [0.2, 0.25) is 0 Å².